The molecule has 202 valence electrons. The van der Waals surface area contributed by atoms with Crippen molar-refractivity contribution in [3.8, 4) is 0 Å². The van der Waals surface area contributed by atoms with E-state index in [1.807, 2.05) is 30.0 Å². The first-order valence-corrected chi connectivity index (χ1v) is 14.8. The van der Waals surface area contributed by atoms with Crippen LogP contribution in [0.1, 0.15) is 20.3 Å². The molecule has 0 spiro atoms. The molecule has 0 saturated carbocycles. The predicted molar refractivity (Wildman–Crippen MR) is 154 cm³/mol. The van der Waals surface area contributed by atoms with Crippen LogP contribution in [0.5, 0.6) is 0 Å². The minimum Gasteiger partial charge on any atom is -0.368 e. The first-order chi connectivity index (χ1) is 18.2. The predicted octanol–water partition coefficient (Wildman–Crippen LogP) is 4.93. The zero-order chi connectivity index (χ0) is 26.9. The number of anilines is 3. The number of amides is 1. The number of hydrogen-bond donors (Lipinski definition) is 1. The van der Waals surface area contributed by atoms with Crippen LogP contribution in [-0.2, 0) is 21.2 Å². The molecular formula is C27H31Cl2N5O3S. The van der Waals surface area contributed by atoms with Crippen LogP contribution in [0.4, 0.5) is 17.1 Å². The summed E-state index contributed by atoms with van der Waals surface area (Å²) < 4.78 is 28.0. The molecule has 1 saturated heterocycles. The largest absolute Gasteiger partial charge is 0.368 e. The molecular weight excluding hydrogens is 545 g/mol. The number of pyridine rings is 1. The van der Waals surface area contributed by atoms with Crippen molar-refractivity contribution in [2.75, 3.05) is 47.2 Å². The molecule has 3 aromatic rings. The molecule has 38 heavy (non-hydrogen) atoms. The first-order valence-electron chi connectivity index (χ1n) is 12.5. The van der Waals surface area contributed by atoms with Gasteiger partial charge >= 0.3 is 0 Å². The van der Waals surface area contributed by atoms with Gasteiger partial charge in [-0.2, -0.15) is 0 Å². The van der Waals surface area contributed by atoms with Crippen molar-refractivity contribution in [1.82, 2.24) is 9.88 Å². The number of benzene rings is 2. The third-order valence-corrected chi connectivity index (χ3v) is 9.05. The molecule has 1 N–H and O–H groups in total. The van der Waals surface area contributed by atoms with Crippen LogP contribution in [0.2, 0.25) is 10.2 Å². The normalized spacial score (nSPS) is 16.7. The second-order valence-corrected chi connectivity index (χ2v) is 12.0. The quantitative estimate of drug-likeness (QED) is 0.419. The Morgan fingerprint density at radius 1 is 1.03 bits per heavy atom. The summed E-state index contributed by atoms with van der Waals surface area (Å²) in [7, 11) is -3.81. The van der Waals surface area contributed by atoms with Gasteiger partial charge in [0.2, 0.25) is 5.91 Å². The number of sulfonamides is 1. The number of aryl methyl sites for hydroxylation is 1. The second-order valence-electron chi connectivity index (χ2n) is 9.50. The Kier molecular flexibility index (Phi) is 7.70. The van der Waals surface area contributed by atoms with Gasteiger partial charge in [-0.1, -0.05) is 23.2 Å². The van der Waals surface area contributed by atoms with Crippen LogP contribution < -0.4 is 14.5 Å². The standard InChI is InChI=1S/C27H29Cl2N5O3S.H2/c1-19(34-13-3-4-20-18-21(28)6-11-25(20)34)27(35)33-16-14-32(15-17-33)22-7-9-23(10-8-22)38(36,37)31-24-5-2-12-30-26(24)29;/h2,5-12,18-19,31H,3-4,13-17H2,1H3;1H/t19-;/m0./s1. The maximum Gasteiger partial charge on any atom is 0.261 e. The molecule has 0 unspecified atom stereocenters. The minimum atomic E-state index is -3.81. The number of fused-ring (bicyclic) bond motifs is 1. The highest BCUT2D eigenvalue weighted by atomic mass is 35.5. The summed E-state index contributed by atoms with van der Waals surface area (Å²) in [5.74, 6) is 0.119. The van der Waals surface area contributed by atoms with Crippen LogP contribution in [0.25, 0.3) is 0 Å². The van der Waals surface area contributed by atoms with Crippen molar-refractivity contribution < 1.29 is 14.6 Å². The average Bonchev–Trinajstić information content (AvgIpc) is 2.93. The lowest BCUT2D eigenvalue weighted by molar-refractivity contribution is -0.132. The van der Waals surface area contributed by atoms with E-state index in [0.29, 0.717) is 26.2 Å². The molecule has 1 aromatic heterocycles. The van der Waals surface area contributed by atoms with E-state index >= 15 is 0 Å². The zero-order valence-corrected chi connectivity index (χ0v) is 23.3. The van der Waals surface area contributed by atoms with Crippen LogP contribution in [-0.4, -0.2) is 63.0 Å². The van der Waals surface area contributed by atoms with E-state index in [1.54, 1.807) is 36.4 Å². The van der Waals surface area contributed by atoms with E-state index in [2.05, 4.69) is 19.5 Å². The van der Waals surface area contributed by atoms with Crippen molar-refractivity contribution in [2.24, 2.45) is 0 Å². The van der Waals surface area contributed by atoms with Crippen molar-refractivity contribution in [1.29, 1.82) is 0 Å². The molecule has 8 nitrogen and oxygen atoms in total. The molecule has 0 aliphatic carbocycles. The van der Waals surface area contributed by atoms with Crippen LogP contribution in [0, 0.1) is 0 Å². The molecule has 11 heteroatoms. The van der Waals surface area contributed by atoms with Gasteiger partial charge in [0.05, 0.1) is 10.6 Å². The summed E-state index contributed by atoms with van der Waals surface area (Å²) in [5, 5.41) is 0.809. The van der Waals surface area contributed by atoms with Gasteiger partial charge in [-0.25, -0.2) is 13.4 Å². The zero-order valence-electron chi connectivity index (χ0n) is 21.0. The van der Waals surface area contributed by atoms with Crippen molar-refractivity contribution in [3.63, 3.8) is 0 Å². The van der Waals surface area contributed by atoms with Gasteiger partial charge in [0.15, 0.2) is 5.15 Å². The van der Waals surface area contributed by atoms with Gasteiger partial charge < -0.3 is 14.7 Å². The number of halogens is 2. The third-order valence-electron chi connectivity index (χ3n) is 7.13. The van der Waals surface area contributed by atoms with E-state index in [-0.39, 0.29) is 29.1 Å². The van der Waals surface area contributed by atoms with Gasteiger partial charge in [-0.15, -0.1) is 0 Å². The highest BCUT2D eigenvalue weighted by molar-refractivity contribution is 7.92. The summed E-state index contributed by atoms with van der Waals surface area (Å²) in [6.07, 6.45) is 3.46. The molecule has 3 heterocycles. The van der Waals surface area contributed by atoms with Gasteiger partial charge in [0.1, 0.15) is 6.04 Å². The van der Waals surface area contributed by atoms with Gasteiger partial charge in [-0.3, -0.25) is 9.52 Å². The van der Waals surface area contributed by atoms with E-state index in [0.717, 1.165) is 35.8 Å². The van der Waals surface area contributed by atoms with Crippen molar-refractivity contribution in [3.05, 3.63) is 76.5 Å². The SMILES string of the molecule is C[C@@H](C(=O)N1CCN(c2ccc(S(=O)(=O)Nc3cccnc3Cl)cc2)CC1)N1CCCc2cc(Cl)ccc21.[HH]. The lowest BCUT2D eigenvalue weighted by Crippen LogP contribution is -2.55. The number of piperazine rings is 1. The highest BCUT2D eigenvalue weighted by Gasteiger charge is 2.31. The maximum atomic E-state index is 13.4. The summed E-state index contributed by atoms with van der Waals surface area (Å²) >= 11 is 12.2. The van der Waals surface area contributed by atoms with E-state index in [9.17, 15) is 13.2 Å². The molecule has 2 aliphatic heterocycles. The fraction of sp³-hybridized carbons (Fsp3) is 0.333. The number of nitrogens with zero attached hydrogens (tertiary/aromatic N) is 4. The number of carbonyl (C=O) groups is 1. The minimum absolute atomic E-state index is 0. The average molecular weight is 577 g/mol. The fourth-order valence-corrected chi connectivity index (χ4v) is 6.57. The lowest BCUT2D eigenvalue weighted by Gasteiger charge is -2.41. The van der Waals surface area contributed by atoms with Crippen LogP contribution in [0.15, 0.2) is 65.7 Å². The molecule has 0 radical (unpaired) electrons. The van der Waals surface area contributed by atoms with Gasteiger partial charge in [-0.05, 0) is 79.9 Å². The molecule has 1 amide bonds. The van der Waals surface area contributed by atoms with E-state index < -0.39 is 10.0 Å². The molecule has 1 fully saturated rings. The number of rotatable bonds is 6. The van der Waals surface area contributed by atoms with Crippen molar-refractivity contribution >= 4 is 56.2 Å². The first kappa shape index (κ1) is 26.6. The summed E-state index contributed by atoms with van der Waals surface area (Å²) in [5.41, 5.74) is 3.42. The van der Waals surface area contributed by atoms with Crippen LogP contribution >= 0.6 is 23.2 Å². The molecule has 1 atom stereocenters. The Morgan fingerprint density at radius 3 is 2.47 bits per heavy atom. The Morgan fingerprint density at radius 2 is 1.76 bits per heavy atom. The van der Waals surface area contributed by atoms with E-state index in [4.69, 9.17) is 23.2 Å². The van der Waals surface area contributed by atoms with E-state index in [1.165, 1.54) is 11.8 Å². The molecule has 0 bridgehead atoms. The Labute approximate surface area is 234 Å². The summed E-state index contributed by atoms with van der Waals surface area (Å²) in [6.45, 7) is 5.36. The Bertz CT molecular complexity index is 1430. The molecule has 5 rings (SSSR count). The maximum absolute atomic E-state index is 13.4. The smallest absolute Gasteiger partial charge is 0.261 e. The van der Waals surface area contributed by atoms with Gasteiger partial charge in [0.25, 0.3) is 10.0 Å². The summed E-state index contributed by atoms with van der Waals surface area (Å²) in [6, 6.07) is 15.5. The Balaban J connectivity index is 0.00000353. The summed E-state index contributed by atoms with van der Waals surface area (Å²) in [4.78, 5) is 23.7. The second kappa shape index (κ2) is 11.0. The number of nitrogens with one attached hydrogen (secondary N) is 1. The topological polar surface area (TPSA) is 85.8 Å². The number of hydrogen-bond acceptors (Lipinski definition) is 6. The fourth-order valence-electron chi connectivity index (χ4n) is 5.08. The Hall–Kier alpha value is -3.01. The molecule has 2 aliphatic rings. The van der Waals surface area contributed by atoms with Gasteiger partial charge in [0, 0.05) is 56.7 Å². The molecule has 2 aromatic carbocycles. The third kappa shape index (κ3) is 5.55. The van der Waals surface area contributed by atoms with Crippen LogP contribution in [0.3, 0.4) is 0 Å². The number of aromatic nitrogens is 1. The van der Waals surface area contributed by atoms with Crippen molar-refractivity contribution in [2.45, 2.75) is 30.7 Å². The monoisotopic (exact) mass is 575 g/mol. The highest BCUT2D eigenvalue weighted by Crippen LogP contribution is 2.32. The number of carbonyl (C=O) groups excluding carboxylic acids is 1. The lowest BCUT2D eigenvalue weighted by atomic mass is 10.00.